The van der Waals surface area contributed by atoms with Gasteiger partial charge in [0, 0.05) is 16.8 Å². The van der Waals surface area contributed by atoms with Crippen LogP contribution in [0.5, 0.6) is 0 Å². The summed E-state index contributed by atoms with van der Waals surface area (Å²) in [5.41, 5.74) is 3.85. The molecule has 0 saturated carbocycles. The lowest BCUT2D eigenvalue weighted by atomic mass is 10.00. The van der Waals surface area contributed by atoms with E-state index in [1.807, 2.05) is 43.3 Å². The molecule has 2 nitrogen and oxygen atoms in total. The predicted molar refractivity (Wildman–Crippen MR) is 104 cm³/mol. The molecule has 0 atom stereocenters. The zero-order valence-corrected chi connectivity index (χ0v) is 15.0. The number of halogens is 3. The first-order valence-corrected chi connectivity index (χ1v) is 8.74. The number of hydrogen-bond acceptors (Lipinski definition) is 2. The van der Waals surface area contributed by atoms with Gasteiger partial charge in [0.2, 0.25) is 0 Å². The number of anilines is 1. The molecule has 140 valence electrons. The molecular formula is C23H16F3NO. The van der Waals surface area contributed by atoms with Crippen molar-refractivity contribution in [2.75, 3.05) is 5.32 Å². The van der Waals surface area contributed by atoms with Crippen LogP contribution in [0.4, 0.5) is 18.9 Å². The van der Waals surface area contributed by atoms with E-state index in [0.29, 0.717) is 22.4 Å². The van der Waals surface area contributed by atoms with Crippen LogP contribution in [0.25, 0.3) is 11.3 Å². The second kappa shape index (κ2) is 6.68. The smallest absolute Gasteiger partial charge is 0.354 e. The highest BCUT2D eigenvalue weighted by Gasteiger charge is 2.33. The van der Waals surface area contributed by atoms with Gasteiger partial charge >= 0.3 is 6.18 Å². The number of ketones is 1. The molecule has 0 unspecified atom stereocenters. The quantitative estimate of drug-likeness (QED) is 0.588. The second-order valence-corrected chi connectivity index (χ2v) is 6.69. The van der Waals surface area contributed by atoms with Gasteiger partial charge in [-0.25, -0.2) is 0 Å². The number of allylic oxidation sites excluding steroid dienone is 1. The Balaban J connectivity index is 1.83. The zero-order chi connectivity index (χ0) is 19.9. The number of alkyl halides is 3. The van der Waals surface area contributed by atoms with Gasteiger partial charge in [-0.3, -0.25) is 4.79 Å². The van der Waals surface area contributed by atoms with Crippen molar-refractivity contribution in [1.29, 1.82) is 0 Å². The third-order valence-electron chi connectivity index (χ3n) is 4.74. The van der Waals surface area contributed by atoms with Crippen LogP contribution in [0.2, 0.25) is 0 Å². The van der Waals surface area contributed by atoms with Crippen molar-refractivity contribution in [1.82, 2.24) is 0 Å². The number of hydrogen-bond donors (Lipinski definition) is 1. The van der Waals surface area contributed by atoms with Crippen LogP contribution in [0, 0.1) is 6.92 Å². The lowest BCUT2D eigenvalue weighted by Gasteiger charge is -2.13. The van der Waals surface area contributed by atoms with Gasteiger partial charge < -0.3 is 5.32 Å². The minimum Gasteiger partial charge on any atom is -0.354 e. The van der Waals surface area contributed by atoms with E-state index in [-0.39, 0.29) is 5.78 Å². The minimum atomic E-state index is -4.42. The van der Waals surface area contributed by atoms with Crippen LogP contribution < -0.4 is 5.32 Å². The fourth-order valence-electron chi connectivity index (χ4n) is 3.29. The number of aryl methyl sites for hydroxylation is 1. The van der Waals surface area contributed by atoms with Crippen molar-refractivity contribution >= 4 is 22.7 Å². The summed E-state index contributed by atoms with van der Waals surface area (Å²) in [6.07, 6.45) is -4.42. The van der Waals surface area contributed by atoms with Crippen LogP contribution in [0.1, 0.15) is 32.6 Å². The van der Waals surface area contributed by atoms with Gasteiger partial charge in [-0.05, 0) is 36.8 Å². The van der Waals surface area contributed by atoms with E-state index in [1.165, 1.54) is 12.1 Å². The molecule has 0 radical (unpaired) electrons. The van der Waals surface area contributed by atoms with Crippen LogP contribution in [0.3, 0.4) is 0 Å². The maximum Gasteiger partial charge on any atom is 0.416 e. The van der Waals surface area contributed by atoms with E-state index in [0.717, 1.165) is 28.9 Å². The molecule has 5 heteroatoms. The summed E-state index contributed by atoms with van der Waals surface area (Å²) >= 11 is 0. The Morgan fingerprint density at radius 2 is 1.39 bits per heavy atom. The van der Waals surface area contributed by atoms with Crippen molar-refractivity contribution in [3.8, 4) is 0 Å². The van der Waals surface area contributed by atoms with Crippen LogP contribution in [0.15, 0.2) is 72.8 Å². The molecule has 0 bridgehead atoms. The number of fused-ring (bicyclic) bond motifs is 1. The summed E-state index contributed by atoms with van der Waals surface area (Å²) in [6.45, 7) is 1.98. The van der Waals surface area contributed by atoms with Crippen molar-refractivity contribution in [3.05, 3.63) is 101 Å². The molecule has 3 aromatic carbocycles. The maximum atomic E-state index is 13.0. The summed E-state index contributed by atoms with van der Waals surface area (Å²) in [4.78, 5) is 13.0. The predicted octanol–water partition coefficient (Wildman–Crippen LogP) is 6.19. The van der Waals surface area contributed by atoms with Crippen molar-refractivity contribution in [2.45, 2.75) is 13.1 Å². The summed E-state index contributed by atoms with van der Waals surface area (Å²) in [5, 5.41) is 3.28. The first-order chi connectivity index (χ1) is 13.3. The van der Waals surface area contributed by atoms with Gasteiger partial charge in [0.25, 0.3) is 0 Å². The first kappa shape index (κ1) is 18.0. The molecule has 4 rings (SSSR count). The number of nitrogens with one attached hydrogen (secondary N) is 1. The van der Waals surface area contributed by atoms with Gasteiger partial charge in [-0.2, -0.15) is 13.2 Å². The summed E-state index contributed by atoms with van der Waals surface area (Å²) in [5.74, 6) is -0.204. The molecule has 0 spiro atoms. The molecule has 0 aliphatic heterocycles. The molecular weight excluding hydrogens is 363 g/mol. The molecule has 28 heavy (non-hydrogen) atoms. The Labute approximate surface area is 160 Å². The Bertz CT molecular complexity index is 1080. The third-order valence-corrected chi connectivity index (χ3v) is 4.74. The van der Waals surface area contributed by atoms with Crippen LogP contribution >= 0.6 is 0 Å². The van der Waals surface area contributed by atoms with Gasteiger partial charge in [0.1, 0.15) is 0 Å². The monoisotopic (exact) mass is 379 g/mol. The number of benzene rings is 3. The molecule has 0 amide bonds. The average molecular weight is 379 g/mol. The first-order valence-electron chi connectivity index (χ1n) is 8.74. The largest absolute Gasteiger partial charge is 0.416 e. The molecule has 0 aromatic heterocycles. The van der Waals surface area contributed by atoms with E-state index >= 15 is 0 Å². The van der Waals surface area contributed by atoms with Gasteiger partial charge in [0.05, 0.1) is 16.8 Å². The van der Waals surface area contributed by atoms with E-state index in [1.54, 1.807) is 12.1 Å². The zero-order valence-electron chi connectivity index (χ0n) is 15.0. The lowest BCUT2D eigenvalue weighted by molar-refractivity contribution is -0.137. The maximum absolute atomic E-state index is 13.0. The molecule has 1 aliphatic carbocycles. The molecule has 0 saturated heterocycles. The van der Waals surface area contributed by atoms with Crippen LogP contribution in [-0.4, -0.2) is 5.78 Å². The highest BCUT2D eigenvalue weighted by Crippen LogP contribution is 2.39. The Hall–Kier alpha value is -3.34. The molecule has 1 aliphatic rings. The Kier molecular flexibility index (Phi) is 4.30. The number of carbonyl (C=O) groups excluding carboxylic acids is 1. The van der Waals surface area contributed by atoms with Crippen molar-refractivity contribution in [2.24, 2.45) is 0 Å². The fraction of sp³-hybridized carbons (Fsp3) is 0.0870. The number of carbonyl (C=O) groups is 1. The second-order valence-electron chi connectivity index (χ2n) is 6.69. The number of Topliss-reactive ketones (excluding diaryl/α,β-unsaturated/α-hetero) is 1. The summed E-state index contributed by atoms with van der Waals surface area (Å²) in [7, 11) is 0. The molecule has 0 heterocycles. The highest BCUT2D eigenvalue weighted by atomic mass is 19.4. The molecule has 0 fully saturated rings. The summed E-state index contributed by atoms with van der Waals surface area (Å²) < 4.78 is 38.7. The Morgan fingerprint density at radius 3 is 2.00 bits per heavy atom. The third kappa shape index (κ3) is 3.20. The highest BCUT2D eigenvalue weighted by molar-refractivity contribution is 6.40. The lowest BCUT2D eigenvalue weighted by Crippen LogP contribution is -2.06. The number of rotatable bonds is 3. The minimum absolute atomic E-state index is 0.204. The van der Waals surface area contributed by atoms with Crippen molar-refractivity contribution < 1.29 is 18.0 Å². The fourth-order valence-corrected chi connectivity index (χ4v) is 3.29. The topological polar surface area (TPSA) is 29.1 Å². The van der Waals surface area contributed by atoms with E-state index in [2.05, 4.69) is 5.32 Å². The van der Waals surface area contributed by atoms with Gasteiger partial charge in [0.15, 0.2) is 5.78 Å². The van der Waals surface area contributed by atoms with Crippen molar-refractivity contribution in [3.63, 3.8) is 0 Å². The normalized spacial score (nSPS) is 13.6. The summed E-state index contributed by atoms with van der Waals surface area (Å²) in [6, 6.07) is 19.6. The van der Waals surface area contributed by atoms with Gasteiger partial charge in [-0.15, -0.1) is 0 Å². The van der Waals surface area contributed by atoms with E-state index < -0.39 is 11.7 Å². The standard InChI is InChI=1S/C23H16F3NO/c1-14-6-12-17(13-7-14)27-21-18-4-2-3-5-19(18)22(28)20(21)15-8-10-16(11-9-15)23(24,25)26/h2-13,27H,1H3. The molecule has 3 aromatic rings. The Morgan fingerprint density at radius 1 is 0.786 bits per heavy atom. The molecule has 1 N–H and O–H groups in total. The average Bonchev–Trinajstić information content (AvgIpc) is 2.95. The van der Waals surface area contributed by atoms with Gasteiger partial charge in [-0.1, -0.05) is 54.1 Å². The van der Waals surface area contributed by atoms with Crippen LogP contribution in [-0.2, 0) is 6.18 Å². The SMILES string of the molecule is Cc1ccc(NC2=C(c3ccc(C(F)(F)F)cc3)C(=O)c3ccccc32)cc1. The van der Waals surface area contributed by atoms with E-state index in [9.17, 15) is 18.0 Å². The van der Waals surface area contributed by atoms with E-state index in [4.69, 9.17) is 0 Å².